The highest BCUT2D eigenvalue weighted by Crippen LogP contribution is 2.27. The second-order valence-electron chi connectivity index (χ2n) is 6.32. The minimum atomic E-state index is 0. The van der Waals surface area contributed by atoms with E-state index in [1.54, 1.807) is 11.3 Å². The van der Waals surface area contributed by atoms with Crippen LogP contribution in [0.4, 0.5) is 0 Å². The maximum absolute atomic E-state index is 12.6. The molecule has 1 aliphatic rings. The molecule has 0 bridgehead atoms. The molecule has 1 fully saturated rings. The second kappa shape index (κ2) is 8.26. The van der Waals surface area contributed by atoms with E-state index in [0.717, 1.165) is 35.3 Å². The van der Waals surface area contributed by atoms with Gasteiger partial charge < -0.3 is 9.84 Å². The van der Waals surface area contributed by atoms with Crippen molar-refractivity contribution in [2.24, 2.45) is 0 Å². The number of hydrogen-bond acceptors (Lipinski definition) is 7. The topological polar surface area (TPSA) is 71.3 Å². The van der Waals surface area contributed by atoms with E-state index in [-0.39, 0.29) is 24.2 Å². The van der Waals surface area contributed by atoms with Gasteiger partial charge in [-0.15, -0.1) is 23.7 Å². The van der Waals surface area contributed by atoms with Crippen molar-refractivity contribution < 1.29 is 9.32 Å². The first kappa shape index (κ1) is 19.0. The molecule has 0 saturated carbocycles. The Bertz CT molecular complexity index is 894. The van der Waals surface area contributed by atoms with Crippen molar-refractivity contribution in [1.29, 1.82) is 0 Å². The number of hydrogen-bond donors (Lipinski definition) is 1. The van der Waals surface area contributed by atoms with Gasteiger partial charge in [0.2, 0.25) is 5.89 Å². The third-order valence-corrected chi connectivity index (χ3v) is 5.60. The second-order valence-corrected chi connectivity index (χ2v) is 7.23. The molecule has 3 aromatic rings. The fourth-order valence-electron chi connectivity index (χ4n) is 3.15. The van der Waals surface area contributed by atoms with Crippen molar-refractivity contribution >= 4 is 39.6 Å². The van der Waals surface area contributed by atoms with Gasteiger partial charge in [0.1, 0.15) is 0 Å². The van der Waals surface area contributed by atoms with Gasteiger partial charge in [0, 0.05) is 53.5 Å². The predicted molar refractivity (Wildman–Crippen MR) is 104 cm³/mol. The zero-order chi connectivity index (χ0) is 17.2. The van der Waals surface area contributed by atoms with Gasteiger partial charge in [-0.2, -0.15) is 4.98 Å². The van der Waals surface area contributed by atoms with Gasteiger partial charge in [0.25, 0.3) is 0 Å². The Morgan fingerprint density at radius 1 is 1.42 bits per heavy atom. The van der Waals surface area contributed by atoms with Gasteiger partial charge >= 0.3 is 0 Å². The highest BCUT2D eigenvalue weighted by atomic mass is 35.5. The average molecular weight is 393 g/mol. The van der Waals surface area contributed by atoms with Crippen LogP contribution in [0.2, 0.25) is 0 Å². The first-order chi connectivity index (χ1) is 12.2. The standard InChI is InChI=1S/C18H20N4O2S.ClH/c1-22-9-8-19-10-14(22)18-20-17(24-21-18)7-6-15(23)13-11-25-16-5-3-2-4-12(13)16;/h2-5,11,14,19H,6-10H2,1H3;1H. The molecule has 8 heteroatoms. The first-order valence-electron chi connectivity index (χ1n) is 8.45. The monoisotopic (exact) mass is 392 g/mol. The summed E-state index contributed by atoms with van der Waals surface area (Å²) in [6.45, 7) is 2.74. The highest BCUT2D eigenvalue weighted by Gasteiger charge is 2.25. The summed E-state index contributed by atoms with van der Waals surface area (Å²) < 4.78 is 6.49. The highest BCUT2D eigenvalue weighted by molar-refractivity contribution is 7.17. The SMILES string of the molecule is CN1CCNCC1c1noc(CCC(=O)c2csc3ccccc23)n1.Cl. The Morgan fingerprint density at radius 3 is 3.12 bits per heavy atom. The minimum absolute atomic E-state index is 0. The third-order valence-electron chi connectivity index (χ3n) is 4.64. The number of benzene rings is 1. The minimum Gasteiger partial charge on any atom is -0.339 e. The summed E-state index contributed by atoms with van der Waals surface area (Å²) in [6, 6.07) is 8.11. The van der Waals surface area contributed by atoms with Crippen molar-refractivity contribution in [2.75, 3.05) is 26.7 Å². The number of ketones is 1. The van der Waals surface area contributed by atoms with Crippen LogP contribution in [0.5, 0.6) is 0 Å². The molecule has 1 N–H and O–H groups in total. The Morgan fingerprint density at radius 2 is 2.27 bits per heavy atom. The summed E-state index contributed by atoms with van der Waals surface area (Å²) in [5.74, 6) is 1.34. The number of aryl methyl sites for hydroxylation is 1. The Balaban J connectivity index is 0.00000196. The number of carbonyl (C=O) groups excluding carboxylic acids is 1. The largest absolute Gasteiger partial charge is 0.339 e. The molecule has 0 spiro atoms. The Kier molecular flexibility index (Phi) is 6.03. The number of Topliss-reactive ketones (excluding diaryl/α,β-unsaturated/α-hetero) is 1. The molecule has 1 aliphatic heterocycles. The molecule has 1 atom stereocenters. The van der Waals surface area contributed by atoms with Crippen molar-refractivity contribution in [2.45, 2.75) is 18.9 Å². The predicted octanol–water partition coefficient (Wildman–Crippen LogP) is 3.10. The number of nitrogens with zero attached hydrogens (tertiary/aromatic N) is 3. The number of thiophene rings is 1. The van der Waals surface area contributed by atoms with Crippen LogP contribution in [-0.4, -0.2) is 47.5 Å². The fraction of sp³-hybridized carbons (Fsp3) is 0.389. The number of aromatic nitrogens is 2. The van der Waals surface area contributed by atoms with Gasteiger partial charge in [-0.05, 0) is 13.1 Å². The fourth-order valence-corrected chi connectivity index (χ4v) is 4.11. The van der Waals surface area contributed by atoms with Gasteiger partial charge in [0.05, 0.1) is 6.04 Å². The van der Waals surface area contributed by atoms with E-state index in [2.05, 4.69) is 27.4 Å². The number of piperazine rings is 1. The maximum Gasteiger partial charge on any atom is 0.227 e. The molecular formula is C18H21ClN4O2S. The Labute approximate surface area is 162 Å². The van der Waals surface area contributed by atoms with E-state index in [1.165, 1.54) is 0 Å². The van der Waals surface area contributed by atoms with Crippen LogP contribution >= 0.6 is 23.7 Å². The van der Waals surface area contributed by atoms with Gasteiger partial charge in [-0.3, -0.25) is 9.69 Å². The molecule has 0 aliphatic carbocycles. The molecule has 26 heavy (non-hydrogen) atoms. The zero-order valence-corrected chi connectivity index (χ0v) is 16.1. The summed E-state index contributed by atoms with van der Waals surface area (Å²) in [4.78, 5) is 19.3. The van der Waals surface area contributed by atoms with E-state index >= 15 is 0 Å². The number of halogens is 1. The Hall–Kier alpha value is -1.80. The van der Waals surface area contributed by atoms with Crippen LogP contribution in [-0.2, 0) is 6.42 Å². The lowest BCUT2D eigenvalue weighted by atomic mass is 10.1. The third kappa shape index (κ3) is 3.81. The van der Waals surface area contributed by atoms with Crippen LogP contribution in [0.25, 0.3) is 10.1 Å². The quantitative estimate of drug-likeness (QED) is 0.673. The number of carbonyl (C=O) groups is 1. The van der Waals surface area contributed by atoms with Crippen molar-refractivity contribution in [3.8, 4) is 0 Å². The summed E-state index contributed by atoms with van der Waals surface area (Å²) in [6.07, 6.45) is 0.848. The number of likely N-dealkylation sites (N-methyl/N-ethyl adjacent to an activating group) is 1. The molecule has 2 aromatic heterocycles. The van der Waals surface area contributed by atoms with E-state index in [9.17, 15) is 4.79 Å². The van der Waals surface area contributed by atoms with E-state index < -0.39 is 0 Å². The summed E-state index contributed by atoms with van der Waals surface area (Å²) in [5, 5.41) is 10.4. The van der Waals surface area contributed by atoms with Gasteiger partial charge in [0.15, 0.2) is 11.6 Å². The van der Waals surface area contributed by atoms with Crippen molar-refractivity contribution in [3.05, 3.63) is 46.9 Å². The molecule has 0 radical (unpaired) electrons. The molecular weight excluding hydrogens is 372 g/mol. The molecule has 1 saturated heterocycles. The lowest BCUT2D eigenvalue weighted by Gasteiger charge is -2.30. The number of fused-ring (bicyclic) bond motifs is 1. The van der Waals surface area contributed by atoms with Gasteiger partial charge in [-0.1, -0.05) is 23.4 Å². The van der Waals surface area contributed by atoms with E-state index in [0.29, 0.717) is 24.6 Å². The normalized spacial score (nSPS) is 18.0. The number of nitrogens with one attached hydrogen (secondary N) is 1. The number of rotatable bonds is 5. The summed E-state index contributed by atoms with van der Waals surface area (Å²) >= 11 is 1.60. The lowest BCUT2D eigenvalue weighted by Crippen LogP contribution is -2.44. The molecule has 0 amide bonds. The first-order valence-corrected chi connectivity index (χ1v) is 9.33. The molecule has 4 rings (SSSR count). The summed E-state index contributed by atoms with van der Waals surface area (Å²) in [5.41, 5.74) is 0.788. The van der Waals surface area contributed by atoms with Gasteiger partial charge in [-0.25, -0.2) is 0 Å². The molecule has 1 unspecified atom stereocenters. The van der Waals surface area contributed by atoms with Crippen LogP contribution in [0, 0.1) is 0 Å². The molecule has 138 valence electrons. The van der Waals surface area contributed by atoms with Crippen LogP contribution in [0.3, 0.4) is 0 Å². The lowest BCUT2D eigenvalue weighted by molar-refractivity contribution is 0.0981. The van der Waals surface area contributed by atoms with E-state index in [4.69, 9.17) is 4.52 Å². The zero-order valence-electron chi connectivity index (χ0n) is 14.5. The average Bonchev–Trinajstić information content (AvgIpc) is 3.27. The smallest absolute Gasteiger partial charge is 0.227 e. The van der Waals surface area contributed by atoms with E-state index in [1.807, 2.05) is 29.6 Å². The van der Waals surface area contributed by atoms with Crippen LogP contribution in [0.1, 0.15) is 34.5 Å². The van der Waals surface area contributed by atoms with Crippen LogP contribution in [0.15, 0.2) is 34.2 Å². The maximum atomic E-state index is 12.6. The molecule has 3 heterocycles. The van der Waals surface area contributed by atoms with Crippen molar-refractivity contribution in [3.63, 3.8) is 0 Å². The van der Waals surface area contributed by atoms with Crippen LogP contribution < -0.4 is 5.32 Å². The van der Waals surface area contributed by atoms with Crippen molar-refractivity contribution in [1.82, 2.24) is 20.4 Å². The molecule has 6 nitrogen and oxygen atoms in total. The molecule has 1 aromatic carbocycles. The summed E-state index contributed by atoms with van der Waals surface area (Å²) in [7, 11) is 2.06.